The molecule has 0 bridgehead atoms. The van der Waals surface area contributed by atoms with Gasteiger partial charge in [-0.1, -0.05) is 60.7 Å². The zero-order valence-corrected chi connectivity index (χ0v) is 15.7. The molecule has 4 rings (SSSR count). The van der Waals surface area contributed by atoms with Gasteiger partial charge in [-0.15, -0.1) is 0 Å². The van der Waals surface area contributed by atoms with E-state index in [2.05, 4.69) is 60.4 Å². The van der Waals surface area contributed by atoms with Gasteiger partial charge in [-0.25, -0.2) is 0 Å². The number of benzene rings is 2. The van der Waals surface area contributed by atoms with Gasteiger partial charge < -0.3 is 14.2 Å². The number of hydrogen-bond donors (Lipinski definition) is 0. The third-order valence-electron chi connectivity index (χ3n) is 5.08. The van der Waals surface area contributed by atoms with E-state index in [4.69, 9.17) is 14.2 Å². The summed E-state index contributed by atoms with van der Waals surface area (Å²) in [6.45, 7) is 7.65. The summed E-state index contributed by atoms with van der Waals surface area (Å²) >= 11 is 0. The van der Waals surface area contributed by atoms with E-state index >= 15 is 0 Å². The molecule has 0 aliphatic carbocycles. The third-order valence-corrected chi connectivity index (χ3v) is 5.08. The average molecular weight is 353 g/mol. The van der Waals surface area contributed by atoms with Crippen LogP contribution in [0.2, 0.25) is 0 Å². The maximum atomic E-state index is 6.30. The Bertz CT molecular complexity index is 677. The molecule has 2 aliphatic heterocycles. The van der Waals surface area contributed by atoms with Gasteiger partial charge in [0.1, 0.15) is 18.4 Å². The van der Waals surface area contributed by atoms with Crippen molar-refractivity contribution in [2.75, 3.05) is 0 Å². The summed E-state index contributed by atoms with van der Waals surface area (Å²) in [5.74, 6) is -0.559. The fourth-order valence-electron chi connectivity index (χ4n) is 3.94. The molecule has 2 heterocycles. The largest absolute Gasteiger partial charge is 0.354 e. The van der Waals surface area contributed by atoms with Crippen molar-refractivity contribution in [2.45, 2.75) is 64.2 Å². The molecule has 0 saturated carbocycles. The molecule has 0 radical (unpaired) electrons. The van der Waals surface area contributed by atoms with Crippen LogP contribution >= 0.6 is 0 Å². The van der Waals surface area contributed by atoms with Crippen LogP contribution < -0.4 is 0 Å². The predicted octanol–water partition coefficient (Wildman–Crippen LogP) is 3.95. The Kier molecular flexibility index (Phi) is 4.84. The Balaban J connectivity index is 1.59. The van der Waals surface area contributed by atoms with Crippen molar-refractivity contribution in [1.29, 1.82) is 0 Å². The summed E-state index contributed by atoms with van der Waals surface area (Å²) in [5.41, 5.74) is 2.53. The first kappa shape index (κ1) is 17.7. The minimum absolute atomic E-state index is 0.0146. The Morgan fingerprint density at radius 2 is 1.31 bits per heavy atom. The molecule has 0 N–H and O–H groups in total. The van der Waals surface area contributed by atoms with Crippen LogP contribution in [0.1, 0.15) is 31.9 Å². The van der Waals surface area contributed by atoms with Crippen molar-refractivity contribution in [3.63, 3.8) is 0 Å². The highest BCUT2D eigenvalue weighted by Gasteiger charge is 2.55. The Labute approximate surface area is 155 Å². The van der Waals surface area contributed by atoms with Crippen molar-refractivity contribution in [3.05, 3.63) is 71.8 Å². The van der Waals surface area contributed by atoms with Gasteiger partial charge in [0, 0.05) is 13.1 Å². The maximum absolute atomic E-state index is 6.30. The molecule has 4 heteroatoms. The topological polar surface area (TPSA) is 30.9 Å². The SMILES string of the molecule is C[C@H]1O[C@@H](N(Cc2ccccc2)Cc2ccccc2)[C@@H]2OC(C)(C)O[C@@H]21. The number of nitrogens with zero attached hydrogens (tertiary/aromatic N) is 1. The van der Waals surface area contributed by atoms with Crippen LogP contribution in [0.3, 0.4) is 0 Å². The highest BCUT2D eigenvalue weighted by atomic mass is 16.8. The number of ether oxygens (including phenoxy) is 3. The zero-order valence-electron chi connectivity index (χ0n) is 15.7. The quantitative estimate of drug-likeness (QED) is 0.814. The molecule has 0 unspecified atom stereocenters. The van der Waals surface area contributed by atoms with E-state index in [-0.39, 0.29) is 24.5 Å². The Morgan fingerprint density at radius 1 is 0.808 bits per heavy atom. The summed E-state index contributed by atoms with van der Waals surface area (Å²) in [7, 11) is 0. The second-order valence-electron chi connectivity index (χ2n) is 7.67. The molecule has 0 spiro atoms. The summed E-state index contributed by atoms with van der Waals surface area (Å²) in [6.07, 6.45) is -0.213. The molecule has 0 aromatic heterocycles. The van der Waals surface area contributed by atoms with Crippen molar-refractivity contribution < 1.29 is 14.2 Å². The molecule has 2 aliphatic rings. The zero-order chi connectivity index (χ0) is 18.1. The lowest BCUT2D eigenvalue weighted by atomic mass is 10.1. The van der Waals surface area contributed by atoms with Crippen molar-refractivity contribution in [1.82, 2.24) is 4.90 Å². The van der Waals surface area contributed by atoms with Gasteiger partial charge in [0.2, 0.25) is 0 Å². The van der Waals surface area contributed by atoms with Gasteiger partial charge in [-0.3, -0.25) is 4.90 Å². The summed E-state index contributed by atoms with van der Waals surface area (Å²) in [5, 5.41) is 0. The minimum atomic E-state index is -0.559. The summed E-state index contributed by atoms with van der Waals surface area (Å²) in [4.78, 5) is 2.36. The van der Waals surface area contributed by atoms with Crippen LogP contribution in [-0.2, 0) is 27.3 Å². The van der Waals surface area contributed by atoms with Crippen LogP contribution in [-0.4, -0.2) is 35.2 Å². The number of hydrogen-bond acceptors (Lipinski definition) is 4. The first-order chi connectivity index (χ1) is 12.5. The molecular weight excluding hydrogens is 326 g/mol. The first-order valence-electron chi connectivity index (χ1n) is 9.35. The Hall–Kier alpha value is -1.72. The maximum Gasteiger partial charge on any atom is 0.164 e. The third kappa shape index (κ3) is 3.69. The second kappa shape index (κ2) is 7.12. The summed E-state index contributed by atoms with van der Waals surface area (Å²) in [6, 6.07) is 21.0. The molecule has 4 atom stereocenters. The number of fused-ring (bicyclic) bond motifs is 1. The molecule has 26 heavy (non-hydrogen) atoms. The lowest BCUT2D eigenvalue weighted by molar-refractivity contribution is -0.205. The van der Waals surface area contributed by atoms with Gasteiger partial charge >= 0.3 is 0 Å². The minimum Gasteiger partial charge on any atom is -0.354 e. The average Bonchev–Trinajstić information content (AvgIpc) is 3.10. The van der Waals surface area contributed by atoms with Crippen LogP contribution in [0, 0.1) is 0 Å². The van der Waals surface area contributed by atoms with E-state index in [1.54, 1.807) is 0 Å². The second-order valence-corrected chi connectivity index (χ2v) is 7.67. The molecule has 138 valence electrons. The van der Waals surface area contributed by atoms with Gasteiger partial charge in [0.05, 0.1) is 6.10 Å². The lowest BCUT2D eigenvalue weighted by Crippen LogP contribution is -2.43. The van der Waals surface area contributed by atoms with E-state index in [1.165, 1.54) is 11.1 Å². The fourth-order valence-corrected chi connectivity index (χ4v) is 3.94. The molecular formula is C22H27NO3. The smallest absolute Gasteiger partial charge is 0.164 e. The predicted molar refractivity (Wildman–Crippen MR) is 100 cm³/mol. The van der Waals surface area contributed by atoms with Crippen LogP contribution in [0.5, 0.6) is 0 Å². The van der Waals surface area contributed by atoms with E-state index in [0.717, 1.165) is 13.1 Å². The fraction of sp³-hybridized carbons (Fsp3) is 0.455. The van der Waals surface area contributed by atoms with E-state index in [9.17, 15) is 0 Å². The summed E-state index contributed by atoms with van der Waals surface area (Å²) < 4.78 is 18.6. The van der Waals surface area contributed by atoms with E-state index < -0.39 is 5.79 Å². The van der Waals surface area contributed by atoms with Gasteiger partial charge in [0.15, 0.2) is 5.79 Å². The lowest BCUT2D eigenvalue weighted by Gasteiger charge is -2.32. The van der Waals surface area contributed by atoms with Crippen LogP contribution in [0.25, 0.3) is 0 Å². The standard InChI is InChI=1S/C22H27NO3/c1-16-19-20(26-22(2,3)25-19)21(24-16)23(14-17-10-6-4-7-11-17)15-18-12-8-5-9-13-18/h4-13,16,19-21H,14-15H2,1-3H3/t16-,19-,20-,21-/m1/s1. The van der Waals surface area contributed by atoms with Crippen LogP contribution in [0.4, 0.5) is 0 Å². The molecule has 2 aromatic rings. The molecule has 2 fully saturated rings. The van der Waals surface area contributed by atoms with Crippen molar-refractivity contribution in [2.24, 2.45) is 0 Å². The molecule has 0 amide bonds. The number of rotatable bonds is 5. The van der Waals surface area contributed by atoms with Gasteiger partial charge in [-0.2, -0.15) is 0 Å². The monoisotopic (exact) mass is 353 g/mol. The van der Waals surface area contributed by atoms with Crippen molar-refractivity contribution >= 4 is 0 Å². The van der Waals surface area contributed by atoms with E-state index in [1.807, 2.05) is 26.0 Å². The van der Waals surface area contributed by atoms with Crippen LogP contribution in [0.15, 0.2) is 60.7 Å². The van der Waals surface area contributed by atoms with Gasteiger partial charge in [0.25, 0.3) is 0 Å². The molecule has 4 nitrogen and oxygen atoms in total. The van der Waals surface area contributed by atoms with Crippen molar-refractivity contribution in [3.8, 4) is 0 Å². The van der Waals surface area contributed by atoms with E-state index in [0.29, 0.717) is 0 Å². The first-order valence-corrected chi connectivity index (χ1v) is 9.35. The highest BCUT2D eigenvalue weighted by molar-refractivity contribution is 5.17. The highest BCUT2D eigenvalue weighted by Crippen LogP contribution is 2.40. The Morgan fingerprint density at radius 3 is 1.85 bits per heavy atom. The molecule has 2 aromatic carbocycles. The normalized spacial score (nSPS) is 29.8. The van der Waals surface area contributed by atoms with Gasteiger partial charge in [-0.05, 0) is 31.9 Å². The molecule has 2 saturated heterocycles.